The molecule has 1 atom stereocenters. The molecule has 11 heteroatoms. The first kappa shape index (κ1) is 29.8. The van der Waals surface area contributed by atoms with Gasteiger partial charge in [0, 0.05) is 49.9 Å². The van der Waals surface area contributed by atoms with Crippen molar-refractivity contribution in [2.45, 2.75) is 51.0 Å². The van der Waals surface area contributed by atoms with Crippen LogP contribution in [0.25, 0.3) is 0 Å². The van der Waals surface area contributed by atoms with Gasteiger partial charge in [-0.15, -0.1) is 0 Å². The average molecular weight is 586 g/mol. The predicted molar refractivity (Wildman–Crippen MR) is 165 cm³/mol. The zero-order valence-corrected chi connectivity index (χ0v) is 24.7. The molecule has 2 aliphatic heterocycles. The van der Waals surface area contributed by atoms with Crippen LogP contribution in [0.1, 0.15) is 71.4 Å². The first-order valence-corrected chi connectivity index (χ1v) is 14.9. The number of rotatable bonds is 9. The number of carbonyl (C=O) groups is 3. The topological polar surface area (TPSA) is 143 Å². The number of methoxy groups -OCH3 is 1. The first-order chi connectivity index (χ1) is 20.8. The molecule has 3 aromatic rings. The number of benzene rings is 2. The fourth-order valence-electron chi connectivity index (χ4n) is 5.77. The predicted octanol–water partition coefficient (Wildman–Crippen LogP) is 3.84. The van der Waals surface area contributed by atoms with Crippen molar-refractivity contribution in [2.24, 2.45) is 5.73 Å². The second-order valence-corrected chi connectivity index (χ2v) is 11.0. The van der Waals surface area contributed by atoms with Gasteiger partial charge in [0.15, 0.2) is 11.5 Å². The van der Waals surface area contributed by atoms with E-state index in [1.54, 1.807) is 37.6 Å². The molecule has 226 valence electrons. The minimum atomic E-state index is -0.671. The number of nitrogens with one attached hydrogen (secondary N) is 2. The number of likely N-dealkylation sites (tertiary alicyclic amines) is 1. The van der Waals surface area contributed by atoms with Gasteiger partial charge in [-0.2, -0.15) is 0 Å². The number of aromatic nitrogens is 2. The Balaban J connectivity index is 1.24. The van der Waals surface area contributed by atoms with Crippen molar-refractivity contribution >= 4 is 35.0 Å². The third kappa shape index (κ3) is 7.22. The second kappa shape index (κ2) is 13.5. The Bertz CT molecular complexity index is 1440. The Labute approximate surface area is 251 Å². The standard InChI is InChI=1S/C32H39N7O4/c1-3-28(40)38-17-14-22(15-18-38)21-6-10-24(11-7-21)35-31-29(30(33)41)34-19-27(37-31)39-16-4-5-25(20-39)36-32(42)23-8-12-26(43-2)13-9-23/h6-13,19,22,25H,3-5,14-18,20H2,1-2H3,(H2,33,41)(H,35,37)(H,36,42). The van der Waals surface area contributed by atoms with Gasteiger partial charge in [-0.05, 0) is 73.6 Å². The summed E-state index contributed by atoms with van der Waals surface area (Å²) < 4.78 is 5.18. The molecule has 3 amide bonds. The quantitative estimate of drug-likeness (QED) is 0.344. The number of hydrogen-bond donors (Lipinski definition) is 3. The van der Waals surface area contributed by atoms with Crippen molar-refractivity contribution in [3.63, 3.8) is 0 Å². The SMILES string of the molecule is CCC(=O)N1CCC(c2ccc(Nc3nc(N4CCCC(NC(=O)c5ccc(OC)cc5)C4)cnc3C(N)=O)cc2)CC1. The zero-order chi connectivity index (χ0) is 30.3. The monoisotopic (exact) mass is 585 g/mol. The van der Waals surface area contributed by atoms with Crippen LogP contribution < -0.4 is 26.0 Å². The van der Waals surface area contributed by atoms with Crippen LogP contribution in [0.2, 0.25) is 0 Å². The van der Waals surface area contributed by atoms with E-state index in [0.29, 0.717) is 36.0 Å². The van der Waals surface area contributed by atoms with Gasteiger partial charge in [0.25, 0.3) is 11.8 Å². The minimum absolute atomic E-state index is 0.0576. The number of carbonyl (C=O) groups excluding carboxylic acids is 3. The summed E-state index contributed by atoms with van der Waals surface area (Å²) in [5.74, 6) is 1.38. The molecule has 5 rings (SSSR count). The Morgan fingerprint density at radius 3 is 2.37 bits per heavy atom. The Kier molecular flexibility index (Phi) is 9.38. The maximum absolute atomic E-state index is 12.8. The Morgan fingerprint density at radius 1 is 1.00 bits per heavy atom. The maximum Gasteiger partial charge on any atom is 0.271 e. The van der Waals surface area contributed by atoms with Crippen molar-refractivity contribution in [1.82, 2.24) is 20.2 Å². The molecule has 0 spiro atoms. The van der Waals surface area contributed by atoms with E-state index in [-0.39, 0.29) is 29.4 Å². The van der Waals surface area contributed by atoms with Gasteiger partial charge in [-0.3, -0.25) is 14.4 Å². The van der Waals surface area contributed by atoms with Crippen LogP contribution in [0.15, 0.2) is 54.7 Å². The van der Waals surface area contributed by atoms with E-state index in [1.807, 2.05) is 24.0 Å². The molecule has 0 aliphatic carbocycles. The van der Waals surface area contributed by atoms with E-state index in [1.165, 1.54) is 5.56 Å². The molecule has 2 saturated heterocycles. The highest BCUT2D eigenvalue weighted by molar-refractivity contribution is 5.96. The maximum atomic E-state index is 12.8. The molecule has 11 nitrogen and oxygen atoms in total. The number of anilines is 3. The van der Waals surface area contributed by atoms with Gasteiger partial charge in [0.2, 0.25) is 5.91 Å². The van der Waals surface area contributed by atoms with E-state index in [0.717, 1.165) is 51.0 Å². The highest BCUT2D eigenvalue weighted by atomic mass is 16.5. The smallest absolute Gasteiger partial charge is 0.271 e. The second-order valence-electron chi connectivity index (χ2n) is 11.0. The van der Waals surface area contributed by atoms with Gasteiger partial charge >= 0.3 is 0 Å². The molecule has 2 aliphatic rings. The molecule has 3 heterocycles. The highest BCUT2D eigenvalue weighted by Crippen LogP contribution is 2.30. The van der Waals surface area contributed by atoms with Gasteiger partial charge < -0.3 is 30.9 Å². The summed E-state index contributed by atoms with van der Waals surface area (Å²) in [4.78, 5) is 50.1. The third-order valence-corrected chi connectivity index (χ3v) is 8.22. The number of ether oxygens (including phenoxy) is 1. The molecule has 0 radical (unpaired) electrons. The van der Waals surface area contributed by atoms with Crippen LogP contribution >= 0.6 is 0 Å². The summed E-state index contributed by atoms with van der Waals surface area (Å²) >= 11 is 0. The summed E-state index contributed by atoms with van der Waals surface area (Å²) in [7, 11) is 1.59. The van der Waals surface area contributed by atoms with Crippen molar-refractivity contribution in [2.75, 3.05) is 43.5 Å². The lowest BCUT2D eigenvalue weighted by atomic mass is 9.89. The number of nitrogens with two attached hydrogens (primary N) is 1. The summed E-state index contributed by atoms with van der Waals surface area (Å²) in [6.07, 6.45) is 5.68. The zero-order valence-electron chi connectivity index (χ0n) is 24.7. The van der Waals surface area contributed by atoms with Gasteiger partial charge in [0.05, 0.1) is 13.3 Å². The fraction of sp³-hybridized carbons (Fsp3) is 0.406. The summed E-state index contributed by atoms with van der Waals surface area (Å²) in [6, 6.07) is 15.0. The fourth-order valence-corrected chi connectivity index (χ4v) is 5.77. The average Bonchev–Trinajstić information content (AvgIpc) is 3.05. The molecular weight excluding hydrogens is 546 g/mol. The lowest BCUT2D eigenvalue weighted by Gasteiger charge is -2.34. The number of primary amides is 1. The molecule has 2 aromatic carbocycles. The highest BCUT2D eigenvalue weighted by Gasteiger charge is 2.25. The third-order valence-electron chi connectivity index (χ3n) is 8.22. The molecule has 0 saturated carbocycles. The van der Waals surface area contributed by atoms with E-state index < -0.39 is 5.91 Å². The molecular formula is C32H39N7O4. The van der Waals surface area contributed by atoms with Crippen LogP contribution in [0, 0.1) is 0 Å². The van der Waals surface area contributed by atoms with Crippen molar-refractivity contribution < 1.29 is 19.1 Å². The summed E-state index contributed by atoms with van der Waals surface area (Å²) in [5.41, 5.74) is 8.24. The van der Waals surface area contributed by atoms with Gasteiger partial charge in [-0.1, -0.05) is 19.1 Å². The van der Waals surface area contributed by atoms with Crippen LogP contribution in [0.3, 0.4) is 0 Å². The van der Waals surface area contributed by atoms with E-state index in [9.17, 15) is 14.4 Å². The lowest BCUT2D eigenvalue weighted by molar-refractivity contribution is -0.131. The van der Waals surface area contributed by atoms with E-state index >= 15 is 0 Å². The number of nitrogens with zero attached hydrogens (tertiary/aromatic N) is 4. The lowest BCUT2D eigenvalue weighted by Crippen LogP contribution is -2.48. The molecule has 1 unspecified atom stereocenters. The largest absolute Gasteiger partial charge is 0.497 e. The van der Waals surface area contributed by atoms with Crippen LogP contribution in [-0.2, 0) is 4.79 Å². The van der Waals surface area contributed by atoms with Crippen LogP contribution in [0.4, 0.5) is 17.3 Å². The van der Waals surface area contributed by atoms with Gasteiger partial charge in [-0.25, -0.2) is 9.97 Å². The van der Waals surface area contributed by atoms with Crippen molar-refractivity contribution in [3.05, 3.63) is 71.5 Å². The number of amides is 3. The van der Waals surface area contributed by atoms with Crippen molar-refractivity contribution in [1.29, 1.82) is 0 Å². The first-order valence-electron chi connectivity index (χ1n) is 14.9. The van der Waals surface area contributed by atoms with Crippen molar-refractivity contribution in [3.8, 4) is 5.75 Å². The molecule has 2 fully saturated rings. The normalized spacial score (nSPS) is 17.3. The Morgan fingerprint density at radius 2 is 1.72 bits per heavy atom. The van der Waals surface area contributed by atoms with E-state index in [4.69, 9.17) is 15.5 Å². The van der Waals surface area contributed by atoms with Crippen LogP contribution in [0.5, 0.6) is 5.75 Å². The number of piperidine rings is 2. The van der Waals surface area contributed by atoms with Gasteiger partial charge in [0.1, 0.15) is 11.6 Å². The Hall–Kier alpha value is -4.67. The summed E-state index contributed by atoms with van der Waals surface area (Å²) in [5, 5.41) is 6.35. The molecule has 0 bridgehead atoms. The molecule has 4 N–H and O–H groups in total. The molecule has 43 heavy (non-hydrogen) atoms. The summed E-state index contributed by atoms with van der Waals surface area (Å²) in [6.45, 7) is 4.77. The number of hydrogen-bond acceptors (Lipinski definition) is 8. The molecule has 1 aromatic heterocycles. The van der Waals surface area contributed by atoms with E-state index in [2.05, 4.69) is 32.7 Å². The van der Waals surface area contributed by atoms with Crippen LogP contribution in [-0.4, -0.2) is 71.9 Å². The minimum Gasteiger partial charge on any atom is -0.497 e.